The molecule has 58 heavy (non-hydrogen) atoms. The molecule has 0 spiro atoms. The van der Waals surface area contributed by atoms with E-state index in [0.717, 1.165) is 77.2 Å². The van der Waals surface area contributed by atoms with Crippen LogP contribution in [0.2, 0.25) is 0 Å². The highest BCUT2D eigenvalue weighted by atomic mass is 16.5. The Morgan fingerprint density at radius 2 is 1.69 bits per heavy atom. The van der Waals surface area contributed by atoms with Gasteiger partial charge in [-0.3, -0.25) is 24.6 Å². The average molecular weight is 784 g/mol. The summed E-state index contributed by atoms with van der Waals surface area (Å²) < 4.78 is 7.15. The van der Waals surface area contributed by atoms with E-state index < -0.39 is 0 Å². The van der Waals surface area contributed by atoms with Crippen molar-refractivity contribution in [2.45, 2.75) is 91.1 Å². The summed E-state index contributed by atoms with van der Waals surface area (Å²) in [5.41, 5.74) is 16.1. The number of piperidine rings is 1. The number of hydrogen-bond acceptors (Lipinski definition) is 10. The second-order valence-corrected chi connectivity index (χ2v) is 15.9. The third-order valence-electron chi connectivity index (χ3n) is 10.4. The highest BCUT2D eigenvalue weighted by molar-refractivity contribution is 5.90. The summed E-state index contributed by atoms with van der Waals surface area (Å²) in [4.78, 5) is 44.2. The van der Waals surface area contributed by atoms with E-state index in [2.05, 4.69) is 90.5 Å². The maximum absolute atomic E-state index is 12.7. The molecule has 3 aromatic heterocycles. The van der Waals surface area contributed by atoms with Crippen LogP contribution in [-0.4, -0.2) is 61.0 Å². The molecule has 1 fully saturated rings. The Morgan fingerprint density at radius 3 is 2.34 bits per heavy atom. The molecule has 6 aromatic rings. The number of anilines is 1. The second kappa shape index (κ2) is 18.8. The lowest BCUT2D eigenvalue weighted by Crippen LogP contribution is -2.32. The van der Waals surface area contributed by atoms with Crippen molar-refractivity contribution in [3.63, 3.8) is 0 Å². The molecule has 1 aliphatic heterocycles. The Labute approximate surface area is 339 Å². The van der Waals surface area contributed by atoms with Crippen LogP contribution in [0.25, 0.3) is 27.9 Å². The number of nitrogens with one attached hydrogen (secondary N) is 2. The number of rotatable bonds is 12. The first-order valence-corrected chi connectivity index (χ1v) is 19.9. The zero-order valence-corrected chi connectivity index (χ0v) is 34.0. The van der Waals surface area contributed by atoms with Crippen molar-refractivity contribution in [2.24, 2.45) is 0 Å². The van der Waals surface area contributed by atoms with Gasteiger partial charge in [0.25, 0.3) is 11.7 Å². The summed E-state index contributed by atoms with van der Waals surface area (Å²) in [6.07, 6.45) is 8.67. The number of hydrogen-bond donors (Lipinski definition) is 3. The van der Waals surface area contributed by atoms with Crippen molar-refractivity contribution in [1.82, 2.24) is 40.3 Å². The van der Waals surface area contributed by atoms with Crippen LogP contribution >= 0.6 is 0 Å². The molecule has 7 rings (SSSR count). The molecule has 0 bridgehead atoms. The van der Waals surface area contributed by atoms with Gasteiger partial charge in [-0.25, -0.2) is 9.50 Å². The van der Waals surface area contributed by atoms with Crippen LogP contribution in [0.3, 0.4) is 0 Å². The van der Waals surface area contributed by atoms with Gasteiger partial charge < -0.3 is 15.6 Å². The summed E-state index contributed by atoms with van der Waals surface area (Å²) in [5, 5.41) is 13.3. The lowest BCUT2D eigenvalue weighted by atomic mass is 9.89. The molecule has 1 aliphatic rings. The number of carbonyl (C=O) groups is 3. The van der Waals surface area contributed by atoms with E-state index >= 15 is 0 Å². The number of benzene rings is 3. The number of nitrogens with zero attached hydrogens (tertiary/aromatic N) is 6. The summed E-state index contributed by atoms with van der Waals surface area (Å²) in [6.45, 7) is 13.4. The molecule has 13 nitrogen and oxygen atoms in total. The molecule has 13 heteroatoms. The molecular weight excluding hydrogens is 731 g/mol. The van der Waals surface area contributed by atoms with Crippen LogP contribution in [0, 0.1) is 6.92 Å². The van der Waals surface area contributed by atoms with Gasteiger partial charge in [-0.15, -0.1) is 0 Å². The number of nitrogen functional groups attached to an aromatic ring is 1. The van der Waals surface area contributed by atoms with E-state index in [1.54, 1.807) is 6.33 Å². The van der Waals surface area contributed by atoms with Crippen molar-refractivity contribution in [3.8, 4) is 22.4 Å². The molecule has 302 valence electrons. The van der Waals surface area contributed by atoms with Crippen molar-refractivity contribution >= 4 is 29.4 Å². The van der Waals surface area contributed by atoms with E-state index in [0.29, 0.717) is 31.2 Å². The standard InChI is InChI=1S/C39H42N8O2.C6H11NO2/c1-25-19-30(9-10-31(25)21-41-37(48)36-44-38(49-45-36)39(2,3)4)35-34-20-32(23-47(34)43-24-42-35)28-7-5-26(6-8-28)22-46-17-15-29(16-18-46)27-11-13-33(40)14-12-27;1-2-3-4-6(9)7-5-8/h5-14,19-20,23-24,29H,15-18,21-22,40H2,1-4H3,(H,41,48);5H,2-4H2,1H3,(H,7,8,9). The Hall–Kier alpha value is -6.21. The number of unbranched alkanes of at least 4 members (excludes halogenated alkanes) is 1. The van der Waals surface area contributed by atoms with E-state index in [1.165, 1.54) is 24.0 Å². The van der Waals surface area contributed by atoms with Gasteiger partial charge in [-0.2, -0.15) is 10.1 Å². The Balaban J connectivity index is 0.000000565. The molecule has 0 radical (unpaired) electrons. The van der Waals surface area contributed by atoms with Gasteiger partial charge in [-0.1, -0.05) is 87.8 Å². The fourth-order valence-electron chi connectivity index (χ4n) is 6.96. The third kappa shape index (κ3) is 10.6. The van der Waals surface area contributed by atoms with Crippen molar-refractivity contribution in [2.75, 3.05) is 18.8 Å². The number of carbonyl (C=O) groups excluding carboxylic acids is 3. The summed E-state index contributed by atoms with van der Waals surface area (Å²) in [7, 11) is 0. The Bertz CT molecular complexity index is 2320. The molecule has 0 aliphatic carbocycles. The summed E-state index contributed by atoms with van der Waals surface area (Å²) in [5.74, 6) is 0.512. The van der Waals surface area contributed by atoms with Gasteiger partial charge in [0.1, 0.15) is 6.33 Å². The van der Waals surface area contributed by atoms with E-state index in [9.17, 15) is 14.4 Å². The molecule has 4 N–H and O–H groups in total. The van der Waals surface area contributed by atoms with Crippen molar-refractivity contribution in [3.05, 3.63) is 119 Å². The minimum Gasteiger partial charge on any atom is -0.399 e. The van der Waals surface area contributed by atoms with Crippen LogP contribution in [-0.2, 0) is 28.1 Å². The van der Waals surface area contributed by atoms with Gasteiger partial charge in [-0.05, 0) is 97.3 Å². The van der Waals surface area contributed by atoms with Crippen molar-refractivity contribution in [1.29, 1.82) is 0 Å². The maximum Gasteiger partial charge on any atom is 0.292 e. The molecule has 3 aromatic carbocycles. The number of likely N-dealkylation sites (tertiary alicyclic amines) is 1. The fraction of sp³-hybridized carbons (Fsp3) is 0.356. The first-order valence-electron chi connectivity index (χ1n) is 19.9. The molecule has 0 unspecified atom stereocenters. The quantitative estimate of drug-likeness (QED) is 0.0839. The van der Waals surface area contributed by atoms with Crippen LogP contribution in [0.5, 0.6) is 0 Å². The molecule has 0 saturated carbocycles. The van der Waals surface area contributed by atoms with Gasteiger partial charge in [0, 0.05) is 47.9 Å². The van der Waals surface area contributed by atoms with Crippen molar-refractivity contribution < 1.29 is 18.9 Å². The first kappa shape index (κ1) is 41.4. The number of imide groups is 1. The SMILES string of the molecule is CCCCC(=O)NC=O.Cc1cc(-c2ncnn3cc(-c4ccc(CN5CCC(c6ccc(N)cc6)CC5)cc4)cc23)ccc1CNC(=O)c1noc(C(C)(C)C)n1. The van der Waals surface area contributed by atoms with Crippen LogP contribution in [0.4, 0.5) is 5.69 Å². The molecule has 1 saturated heterocycles. The number of aryl methyl sites for hydroxylation is 1. The zero-order chi connectivity index (χ0) is 41.2. The predicted octanol–water partition coefficient (Wildman–Crippen LogP) is 7.39. The molecule has 0 atom stereocenters. The van der Waals surface area contributed by atoms with Crippen LogP contribution in [0.15, 0.2) is 89.8 Å². The lowest BCUT2D eigenvalue weighted by molar-refractivity contribution is -0.125. The van der Waals surface area contributed by atoms with Gasteiger partial charge in [0.2, 0.25) is 18.2 Å². The zero-order valence-electron chi connectivity index (χ0n) is 34.0. The Kier molecular flexibility index (Phi) is 13.4. The molecular formula is C45H53N9O4. The van der Waals surface area contributed by atoms with Crippen LogP contribution in [0.1, 0.15) is 104 Å². The monoisotopic (exact) mass is 783 g/mol. The largest absolute Gasteiger partial charge is 0.399 e. The predicted molar refractivity (Wildman–Crippen MR) is 225 cm³/mol. The normalized spacial score (nSPS) is 13.5. The smallest absolute Gasteiger partial charge is 0.292 e. The molecule has 4 heterocycles. The third-order valence-corrected chi connectivity index (χ3v) is 10.4. The van der Waals surface area contributed by atoms with Gasteiger partial charge in [0.15, 0.2) is 0 Å². The number of aromatic nitrogens is 5. The number of fused-ring (bicyclic) bond motifs is 1. The van der Waals surface area contributed by atoms with Gasteiger partial charge in [0.05, 0.1) is 11.2 Å². The lowest BCUT2D eigenvalue weighted by Gasteiger charge is -2.32. The summed E-state index contributed by atoms with van der Waals surface area (Å²) in [6, 6.07) is 25.5. The highest BCUT2D eigenvalue weighted by Crippen LogP contribution is 2.31. The summed E-state index contributed by atoms with van der Waals surface area (Å²) >= 11 is 0. The second-order valence-electron chi connectivity index (χ2n) is 15.9. The maximum atomic E-state index is 12.7. The number of amides is 3. The minimum atomic E-state index is -0.371. The topological polar surface area (TPSA) is 174 Å². The average Bonchev–Trinajstić information content (AvgIpc) is 3.90. The van der Waals surface area contributed by atoms with E-state index in [4.69, 9.17) is 10.3 Å². The van der Waals surface area contributed by atoms with Gasteiger partial charge >= 0.3 is 0 Å². The van der Waals surface area contributed by atoms with Crippen LogP contribution < -0.4 is 16.4 Å². The highest BCUT2D eigenvalue weighted by Gasteiger charge is 2.24. The Morgan fingerprint density at radius 1 is 0.966 bits per heavy atom. The first-order chi connectivity index (χ1) is 27.9. The number of nitrogens with two attached hydrogens (primary N) is 1. The molecule has 3 amide bonds. The fourth-order valence-corrected chi connectivity index (χ4v) is 6.96. The minimum absolute atomic E-state index is 0.0346. The van der Waals surface area contributed by atoms with E-state index in [1.807, 2.05) is 63.4 Å². The van der Waals surface area contributed by atoms with E-state index in [-0.39, 0.29) is 23.1 Å².